The van der Waals surface area contributed by atoms with Crippen LogP contribution in [0.25, 0.3) is 10.2 Å². The standard InChI is InChI=1S/C23H24F3N5OS/c1-13-14(2-3-19-17(13)9-20(32)30-19)11-31-6-4-15(5-7-31)29-21-18-8-16(10-23(24,25)26)33-22(18)28-12-27-21/h2-3,8,12,15H,4-7,9-11H2,1H3,(H,30,32)(H,27,28,29). The van der Waals surface area contributed by atoms with Crippen molar-refractivity contribution in [3.05, 3.63) is 46.1 Å². The zero-order valence-electron chi connectivity index (χ0n) is 18.1. The number of hydrogen-bond acceptors (Lipinski definition) is 6. The van der Waals surface area contributed by atoms with Gasteiger partial charge in [-0.1, -0.05) is 6.07 Å². The number of nitrogens with zero attached hydrogens (tertiary/aromatic N) is 3. The van der Waals surface area contributed by atoms with Crippen molar-refractivity contribution >= 4 is 39.0 Å². The first kappa shape index (κ1) is 22.1. The summed E-state index contributed by atoms with van der Waals surface area (Å²) in [6, 6.07) is 5.84. The summed E-state index contributed by atoms with van der Waals surface area (Å²) >= 11 is 1.07. The average molecular weight is 476 g/mol. The zero-order valence-corrected chi connectivity index (χ0v) is 18.9. The van der Waals surface area contributed by atoms with E-state index in [2.05, 4.69) is 38.5 Å². The van der Waals surface area contributed by atoms with E-state index in [1.165, 1.54) is 17.5 Å². The number of anilines is 2. The van der Waals surface area contributed by atoms with Gasteiger partial charge in [-0.25, -0.2) is 9.97 Å². The summed E-state index contributed by atoms with van der Waals surface area (Å²) in [5, 5.41) is 6.99. The molecule has 2 aliphatic rings. The fraction of sp³-hybridized carbons (Fsp3) is 0.435. The predicted octanol–water partition coefficient (Wildman–Crippen LogP) is 4.68. The minimum atomic E-state index is -4.24. The Morgan fingerprint density at radius 2 is 2.03 bits per heavy atom. The molecule has 4 heterocycles. The summed E-state index contributed by atoms with van der Waals surface area (Å²) in [7, 11) is 0. The fourth-order valence-electron chi connectivity index (χ4n) is 4.65. The molecule has 0 aliphatic carbocycles. The van der Waals surface area contributed by atoms with Gasteiger partial charge in [0, 0.05) is 36.2 Å². The molecule has 0 saturated carbocycles. The molecule has 1 fully saturated rings. The number of likely N-dealkylation sites (tertiary alicyclic amines) is 1. The number of thiophene rings is 1. The van der Waals surface area contributed by atoms with E-state index in [9.17, 15) is 18.0 Å². The lowest BCUT2D eigenvalue weighted by atomic mass is 9.98. The second-order valence-corrected chi connectivity index (χ2v) is 9.86. The second-order valence-electron chi connectivity index (χ2n) is 8.74. The molecule has 1 saturated heterocycles. The van der Waals surface area contributed by atoms with Gasteiger partial charge in [-0.2, -0.15) is 13.2 Å². The molecule has 0 spiro atoms. The first-order chi connectivity index (χ1) is 15.7. The molecule has 2 aromatic heterocycles. The van der Waals surface area contributed by atoms with E-state index >= 15 is 0 Å². The number of piperidine rings is 1. The minimum Gasteiger partial charge on any atom is -0.367 e. The quantitative estimate of drug-likeness (QED) is 0.561. The number of amides is 1. The number of carbonyl (C=O) groups is 1. The highest BCUT2D eigenvalue weighted by atomic mass is 32.1. The Labute approximate surface area is 193 Å². The number of carbonyl (C=O) groups excluding carboxylic acids is 1. The molecule has 33 heavy (non-hydrogen) atoms. The number of hydrogen-bond donors (Lipinski definition) is 2. The first-order valence-corrected chi connectivity index (χ1v) is 11.8. The molecule has 2 N–H and O–H groups in total. The molecular formula is C23H24F3N5OS. The highest BCUT2D eigenvalue weighted by Gasteiger charge is 2.29. The van der Waals surface area contributed by atoms with Crippen LogP contribution in [-0.2, 0) is 24.2 Å². The maximum Gasteiger partial charge on any atom is 0.393 e. The van der Waals surface area contributed by atoms with Crippen LogP contribution in [0.15, 0.2) is 24.5 Å². The third-order valence-corrected chi connectivity index (χ3v) is 7.44. The summed E-state index contributed by atoms with van der Waals surface area (Å²) in [6.45, 7) is 4.73. The lowest BCUT2D eigenvalue weighted by Gasteiger charge is -2.33. The van der Waals surface area contributed by atoms with Gasteiger partial charge in [-0.05, 0) is 48.6 Å². The zero-order chi connectivity index (χ0) is 23.2. The van der Waals surface area contributed by atoms with Crippen LogP contribution in [0.5, 0.6) is 0 Å². The van der Waals surface area contributed by atoms with Crippen LogP contribution in [0.2, 0.25) is 0 Å². The van der Waals surface area contributed by atoms with Crippen LogP contribution in [0, 0.1) is 6.92 Å². The Balaban J connectivity index is 1.21. The molecule has 3 aromatic rings. The van der Waals surface area contributed by atoms with Crippen molar-refractivity contribution in [2.45, 2.75) is 51.4 Å². The number of alkyl halides is 3. The number of fused-ring (bicyclic) bond motifs is 2. The Bertz CT molecular complexity index is 1200. The van der Waals surface area contributed by atoms with Gasteiger partial charge in [0.05, 0.1) is 18.2 Å². The summed E-state index contributed by atoms with van der Waals surface area (Å²) in [5.41, 5.74) is 4.45. The number of rotatable bonds is 5. The van der Waals surface area contributed by atoms with Crippen LogP contribution in [-0.4, -0.2) is 46.1 Å². The molecule has 6 nitrogen and oxygen atoms in total. The van der Waals surface area contributed by atoms with Crippen molar-refractivity contribution in [3.63, 3.8) is 0 Å². The molecule has 0 atom stereocenters. The van der Waals surface area contributed by atoms with E-state index in [0.717, 1.165) is 55.1 Å². The molecule has 174 valence electrons. The van der Waals surface area contributed by atoms with Gasteiger partial charge in [0.15, 0.2) is 0 Å². The Kier molecular flexibility index (Phi) is 5.74. The van der Waals surface area contributed by atoms with Crippen LogP contribution >= 0.6 is 11.3 Å². The van der Waals surface area contributed by atoms with Gasteiger partial charge in [-0.15, -0.1) is 11.3 Å². The summed E-state index contributed by atoms with van der Waals surface area (Å²) < 4.78 is 38.3. The molecule has 10 heteroatoms. The highest BCUT2D eigenvalue weighted by molar-refractivity contribution is 7.18. The van der Waals surface area contributed by atoms with E-state index in [1.54, 1.807) is 6.07 Å². The smallest absolute Gasteiger partial charge is 0.367 e. The maximum absolute atomic E-state index is 12.8. The van der Waals surface area contributed by atoms with Crippen molar-refractivity contribution in [2.24, 2.45) is 0 Å². The summed E-state index contributed by atoms with van der Waals surface area (Å²) in [6.07, 6.45) is -1.51. The van der Waals surface area contributed by atoms with Gasteiger partial charge in [-0.3, -0.25) is 9.69 Å². The van der Waals surface area contributed by atoms with Gasteiger partial charge >= 0.3 is 6.18 Å². The Hall–Kier alpha value is -2.72. The van der Waals surface area contributed by atoms with E-state index in [4.69, 9.17) is 0 Å². The topological polar surface area (TPSA) is 70.1 Å². The molecule has 5 rings (SSSR count). The van der Waals surface area contributed by atoms with Crippen molar-refractivity contribution in [1.29, 1.82) is 0 Å². The van der Waals surface area contributed by atoms with Crippen molar-refractivity contribution in [3.8, 4) is 0 Å². The van der Waals surface area contributed by atoms with Crippen molar-refractivity contribution < 1.29 is 18.0 Å². The highest BCUT2D eigenvalue weighted by Crippen LogP contribution is 2.33. The van der Waals surface area contributed by atoms with Crippen molar-refractivity contribution in [1.82, 2.24) is 14.9 Å². The van der Waals surface area contributed by atoms with Crippen LogP contribution in [0.3, 0.4) is 0 Å². The van der Waals surface area contributed by atoms with Gasteiger partial charge in [0.2, 0.25) is 5.91 Å². The third kappa shape index (κ3) is 4.81. The number of halogens is 3. The molecule has 1 aromatic carbocycles. The van der Waals surface area contributed by atoms with E-state index in [-0.39, 0.29) is 16.8 Å². The molecule has 1 amide bonds. The number of nitrogens with one attached hydrogen (secondary N) is 2. The monoisotopic (exact) mass is 475 g/mol. The molecule has 0 bridgehead atoms. The van der Waals surface area contributed by atoms with E-state index in [1.807, 2.05) is 6.07 Å². The minimum absolute atomic E-state index is 0.0483. The number of benzene rings is 1. The first-order valence-electron chi connectivity index (χ1n) is 11.0. The normalized spacial score (nSPS) is 17.4. The molecule has 0 unspecified atom stereocenters. The molecule has 2 aliphatic heterocycles. The summed E-state index contributed by atoms with van der Waals surface area (Å²) in [5.74, 6) is 0.655. The average Bonchev–Trinajstić information content (AvgIpc) is 3.33. The SMILES string of the molecule is Cc1c(CN2CCC(Nc3ncnc4sc(CC(F)(F)F)cc34)CC2)ccc2c1CC(=O)N2. The lowest BCUT2D eigenvalue weighted by Crippen LogP contribution is -2.39. The van der Waals surface area contributed by atoms with Gasteiger partial charge < -0.3 is 10.6 Å². The summed E-state index contributed by atoms with van der Waals surface area (Å²) in [4.78, 5) is 23.4. The third-order valence-electron chi connectivity index (χ3n) is 6.40. The van der Waals surface area contributed by atoms with E-state index in [0.29, 0.717) is 22.5 Å². The fourth-order valence-corrected chi connectivity index (χ4v) is 5.68. The van der Waals surface area contributed by atoms with Crippen LogP contribution < -0.4 is 10.6 Å². The maximum atomic E-state index is 12.8. The number of aromatic nitrogens is 2. The lowest BCUT2D eigenvalue weighted by molar-refractivity contribution is -0.126. The van der Waals surface area contributed by atoms with Gasteiger partial charge in [0.25, 0.3) is 0 Å². The molecule has 0 radical (unpaired) electrons. The largest absolute Gasteiger partial charge is 0.393 e. The van der Waals surface area contributed by atoms with Gasteiger partial charge in [0.1, 0.15) is 17.0 Å². The van der Waals surface area contributed by atoms with Crippen LogP contribution in [0.1, 0.15) is 34.4 Å². The Morgan fingerprint density at radius 1 is 1.24 bits per heavy atom. The van der Waals surface area contributed by atoms with Crippen LogP contribution in [0.4, 0.5) is 24.7 Å². The van der Waals surface area contributed by atoms with Crippen molar-refractivity contribution in [2.75, 3.05) is 23.7 Å². The Morgan fingerprint density at radius 3 is 2.79 bits per heavy atom. The second kappa shape index (κ2) is 8.57. The predicted molar refractivity (Wildman–Crippen MR) is 123 cm³/mol. The van der Waals surface area contributed by atoms with E-state index < -0.39 is 12.6 Å². The molecular weight excluding hydrogens is 451 g/mol.